The number of hydrogen-bond donors (Lipinski definition) is 0. The number of aromatic nitrogens is 3. The zero-order valence-electron chi connectivity index (χ0n) is 17.6. The Kier molecular flexibility index (Phi) is 6.78. The van der Waals surface area contributed by atoms with E-state index in [4.69, 9.17) is 0 Å². The van der Waals surface area contributed by atoms with Crippen LogP contribution in [0.3, 0.4) is 0 Å². The maximum absolute atomic E-state index is 12.7. The molecule has 0 spiro atoms. The smallest absolute Gasteiger partial charge is 0.236 e. The van der Waals surface area contributed by atoms with Gasteiger partial charge in [-0.25, -0.2) is 8.42 Å². The van der Waals surface area contributed by atoms with Crippen LogP contribution in [0.15, 0.2) is 40.9 Å². The summed E-state index contributed by atoms with van der Waals surface area (Å²) < 4.78 is 28.7. The molecule has 1 aromatic carbocycles. The average molecular weight is 462 g/mol. The Labute approximate surface area is 187 Å². The molecule has 0 unspecified atom stereocenters. The summed E-state index contributed by atoms with van der Waals surface area (Å²) in [5.74, 6) is 1.83. The second kappa shape index (κ2) is 9.54. The van der Waals surface area contributed by atoms with Crippen LogP contribution < -0.4 is 0 Å². The molecule has 1 saturated heterocycles. The minimum absolute atomic E-state index is 0.000464. The van der Waals surface area contributed by atoms with Crippen molar-refractivity contribution in [3.05, 3.63) is 47.1 Å². The first-order valence-corrected chi connectivity index (χ1v) is 13.0. The molecule has 10 heteroatoms. The second-order valence-electron chi connectivity index (χ2n) is 7.69. The number of rotatable bonds is 8. The van der Waals surface area contributed by atoms with Crippen molar-refractivity contribution in [2.24, 2.45) is 0 Å². The topological polar surface area (TPSA) is 88.4 Å². The summed E-state index contributed by atoms with van der Waals surface area (Å²) in [5, 5.41) is 10.6. The lowest BCUT2D eigenvalue weighted by Crippen LogP contribution is -2.50. The van der Waals surface area contributed by atoms with Crippen LogP contribution in [0.25, 0.3) is 6.08 Å². The van der Waals surface area contributed by atoms with Crippen molar-refractivity contribution in [2.45, 2.75) is 37.4 Å². The van der Waals surface area contributed by atoms with Crippen molar-refractivity contribution >= 4 is 33.8 Å². The van der Waals surface area contributed by atoms with E-state index < -0.39 is 10.0 Å². The van der Waals surface area contributed by atoms with Crippen LogP contribution in [-0.2, 0) is 21.4 Å². The summed E-state index contributed by atoms with van der Waals surface area (Å²) in [6.07, 6.45) is 3.92. The van der Waals surface area contributed by atoms with Gasteiger partial charge in [0.15, 0.2) is 5.16 Å². The molecule has 0 N–H and O–H groups in total. The van der Waals surface area contributed by atoms with E-state index in [0.29, 0.717) is 32.1 Å². The Balaban J connectivity index is 1.28. The monoisotopic (exact) mass is 461 g/mol. The van der Waals surface area contributed by atoms with E-state index in [1.807, 2.05) is 30.3 Å². The molecule has 1 aliphatic heterocycles. The molecule has 1 aromatic heterocycles. The zero-order chi connectivity index (χ0) is 21.8. The predicted molar refractivity (Wildman–Crippen MR) is 121 cm³/mol. The Hall–Kier alpha value is -2.17. The van der Waals surface area contributed by atoms with Gasteiger partial charge in [0.05, 0.1) is 5.75 Å². The third-order valence-corrected chi connectivity index (χ3v) is 8.03. The highest BCUT2D eigenvalue weighted by molar-refractivity contribution is 7.99. The van der Waals surface area contributed by atoms with E-state index >= 15 is 0 Å². The summed E-state index contributed by atoms with van der Waals surface area (Å²) >= 11 is 1.41. The van der Waals surface area contributed by atoms with Gasteiger partial charge in [0, 0.05) is 44.0 Å². The molecule has 2 heterocycles. The Morgan fingerprint density at radius 3 is 2.48 bits per heavy atom. The molecule has 0 bridgehead atoms. The molecule has 2 aromatic rings. The summed E-state index contributed by atoms with van der Waals surface area (Å²) in [7, 11) is -3.51. The van der Waals surface area contributed by atoms with Crippen LogP contribution in [-0.4, -0.2) is 70.2 Å². The van der Waals surface area contributed by atoms with E-state index in [1.165, 1.54) is 21.5 Å². The molecule has 31 heavy (non-hydrogen) atoms. The van der Waals surface area contributed by atoms with Gasteiger partial charge in [-0.2, -0.15) is 4.31 Å². The maximum Gasteiger partial charge on any atom is 0.236 e. The van der Waals surface area contributed by atoms with E-state index in [9.17, 15) is 13.2 Å². The molecular formula is C21H27N5O3S2. The van der Waals surface area contributed by atoms with Crippen LogP contribution in [0.1, 0.15) is 37.1 Å². The van der Waals surface area contributed by atoms with Gasteiger partial charge < -0.3 is 9.47 Å². The summed E-state index contributed by atoms with van der Waals surface area (Å²) in [6, 6.07) is 9.33. The van der Waals surface area contributed by atoms with E-state index in [1.54, 1.807) is 11.0 Å². The van der Waals surface area contributed by atoms with Crippen molar-refractivity contribution < 1.29 is 13.2 Å². The fourth-order valence-electron chi connectivity index (χ4n) is 3.57. The van der Waals surface area contributed by atoms with Gasteiger partial charge in [0.2, 0.25) is 15.9 Å². The highest BCUT2D eigenvalue weighted by Gasteiger charge is 2.31. The Morgan fingerprint density at radius 2 is 1.84 bits per heavy atom. The molecule has 1 saturated carbocycles. The number of sulfonamides is 1. The highest BCUT2D eigenvalue weighted by Crippen LogP contribution is 2.40. The van der Waals surface area contributed by atoms with E-state index in [-0.39, 0.29) is 11.7 Å². The quantitative estimate of drug-likeness (QED) is 0.561. The summed E-state index contributed by atoms with van der Waals surface area (Å²) in [5.41, 5.74) is 0.835. The number of thioether (sulfide) groups is 1. The van der Waals surface area contributed by atoms with Crippen molar-refractivity contribution in [3.63, 3.8) is 0 Å². The number of benzene rings is 1. The number of carbonyl (C=O) groups excluding carboxylic acids is 1. The SMILES string of the molecule is CCn1c(SCC(=O)N2CCN(S(=O)(=O)C=Cc3ccccc3)CC2)nnc1C1CC1. The van der Waals surface area contributed by atoms with Gasteiger partial charge in [-0.1, -0.05) is 42.1 Å². The number of piperazine rings is 1. The number of amides is 1. The maximum atomic E-state index is 12.7. The Bertz CT molecular complexity index is 1040. The first kappa shape index (κ1) is 22.0. The molecule has 1 amide bonds. The minimum Gasteiger partial charge on any atom is -0.339 e. The third kappa shape index (κ3) is 5.36. The molecular weight excluding hydrogens is 434 g/mol. The van der Waals surface area contributed by atoms with Gasteiger partial charge in [0.1, 0.15) is 5.82 Å². The summed E-state index contributed by atoms with van der Waals surface area (Å²) in [4.78, 5) is 14.4. The van der Waals surface area contributed by atoms with E-state index in [2.05, 4.69) is 21.7 Å². The molecule has 0 atom stereocenters. The van der Waals surface area contributed by atoms with Gasteiger partial charge in [-0.3, -0.25) is 4.79 Å². The van der Waals surface area contributed by atoms with Gasteiger partial charge in [0.25, 0.3) is 0 Å². The fraction of sp³-hybridized carbons (Fsp3) is 0.476. The van der Waals surface area contributed by atoms with Crippen LogP contribution in [0.2, 0.25) is 0 Å². The van der Waals surface area contributed by atoms with Crippen LogP contribution in [0, 0.1) is 0 Å². The zero-order valence-corrected chi connectivity index (χ0v) is 19.2. The Morgan fingerprint density at radius 1 is 1.13 bits per heavy atom. The molecule has 166 valence electrons. The molecule has 1 aliphatic carbocycles. The fourth-order valence-corrected chi connectivity index (χ4v) is 5.66. The first-order chi connectivity index (χ1) is 15.0. The number of nitrogens with zero attached hydrogens (tertiary/aromatic N) is 5. The highest BCUT2D eigenvalue weighted by atomic mass is 32.2. The molecule has 0 radical (unpaired) electrons. The van der Waals surface area contributed by atoms with Crippen LogP contribution >= 0.6 is 11.8 Å². The van der Waals surface area contributed by atoms with Gasteiger partial charge >= 0.3 is 0 Å². The van der Waals surface area contributed by atoms with Gasteiger partial charge in [-0.05, 0) is 31.4 Å². The average Bonchev–Trinajstić information content (AvgIpc) is 3.56. The predicted octanol–water partition coefficient (Wildman–Crippen LogP) is 2.41. The van der Waals surface area contributed by atoms with Crippen molar-refractivity contribution in [3.8, 4) is 0 Å². The third-order valence-electron chi connectivity index (χ3n) is 5.51. The van der Waals surface area contributed by atoms with E-state index in [0.717, 1.165) is 35.9 Å². The van der Waals surface area contributed by atoms with Crippen molar-refractivity contribution in [2.75, 3.05) is 31.9 Å². The largest absolute Gasteiger partial charge is 0.339 e. The second-order valence-corrected chi connectivity index (χ2v) is 10.4. The lowest BCUT2D eigenvalue weighted by molar-refractivity contribution is -0.129. The molecule has 2 fully saturated rings. The lowest BCUT2D eigenvalue weighted by atomic mass is 10.2. The molecule has 4 rings (SSSR count). The van der Waals surface area contributed by atoms with Crippen molar-refractivity contribution in [1.82, 2.24) is 24.0 Å². The number of hydrogen-bond acceptors (Lipinski definition) is 6. The van der Waals surface area contributed by atoms with Gasteiger partial charge in [-0.15, -0.1) is 10.2 Å². The first-order valence-electron chi connectivity index (χ1n) is 10.5. The lowest BCUT2D eigenvalue weighted by Gasteiger charge is -2.33. The number of carbonyl (C=O) groups is 1. The standard InChI is InChI=1S/C21H27N5O3S2/c1-2-26-20(18-8-9-18)22-23-21(26)30-16-19(27)24-11-13-25(14-12-24)31(28,29)15-10-17-6-4-3-5-7-17/h3-7,10,15,18H,2,8-9,11-14,16H2,1H3. The molecule has 8 nitrogen and oxygen atoms in total. The minimum atomic E-state index is -3.51. The molecule has 2 aliphatic rings. The summed E-state index contributed by atoms with van der Waals surface area (Å²) in [6.45, 7) is 4.25. The van der Waals surface area contributed by atoms with Crippen LogP contribution in [0.4, 0.5) is 0 Å². The van der Waals surface area contributed by atoms with Crippen molar-refractivity contribution in [1.29, 1.82) is 0 Å². The van der Waals surface area contributed by atoms with Crippen LogP contribution in [0.5, 0.6) is 0 Å². The normalized spacial score (nSPS) is 18.0.